The fourth-order valence-corrected chi connectivity index (χ4v) is 1.93. The van der Waals surface area contributed by atoms with E-state index in [1.54, 1.807) is 18.2 Å². The molecule has 0 unspecified atom stereocenters. The lowest BCUT2D eigenvalue weighted by molar-refractivity contribution is -0.138. The Hall–Kier alpha value is -1.82. The summed E-state index contributed by atoms with van der Waals surface area (Å²) in [5.41, 5.74) is 0.561. The predicted molar refractivity (Wildman–Crippen MR) is 68.5 cm³/mol. The number of para-hydroxylation sites is 1. The van der Waals surface area contributed by atoms with E-state index in [2.05, 4.69) is 21.2 Å². The average Bonchev–Trinajstić information content (AvgIpc) is 2.74. The van der Waals surface area contributed by atoms with Crippen LogP contribution in [0.3, 0.4) is 0 Å². The van der Waals surface area contributed by atoms with Gasteiger partial charge in [0.15, 0.2) is 5.76 Å². The Balaban J connectivity index is 2.29. The Labute approximate surface area is 111 Å². The molecule has 0 aliphatic carbocycles. The molecule has 2 aromatic rings. The molecule has 94 valence electrons. The molecule has 1 amide bonds. The molecule has 0 saturated carbocycles. The lowest BCUT2D eigenvalue weighted by atomic mass is 10.2. The van der Waals surface area contributed by atoms with Crippen LogP contribution in [0.1, 0.15) is 17.5 Å². The number of carboxylic acids is 1. The fourth-order valence-electron chi connectivity index (χ4n) is 1.47. The van der Waals surface area contributed by atoms with E-state index in [0.29, 0.717) is 5.58 Å². The zero-order valence-corrected chi connectivity index (χ0v) is 11.0. The first-order chi connectivity index (χ1) is 8.49. The molecular weight excluding hydrogens is 302 g/mol. The quantitative estimate of drug-likeness (QED) is 0.912. The highest BCUT2D eigenvalue weighted by molar-refractivity contribution is 9.10. The Morgan fingerprint density at radius 1 is 1.44 bits per heavy atom. The van der Waals surface area contributed by atoms with Crippen molar-refractivity contribution in [2.45, 2.75) is 13.0 Å². The summed E-state index contributed by atoms with van der Waals surface area (Å²) < 4.78 is 6.13. The van der Waals surface area contributed by atoms with Crippen LogP contribution in [0.15, 0.2) is 33.2 Å². The van der Waals surface area contributed by atoms with Crippen LogP contribution in [-0.2, 0) is 4.79 Å². The largest absolute Gasteiger partial charge is 0.480 e. The number of nitrogens with one attached hydrogen (secondary N) is 1. The van der Waals surface area contributed by atoms with Gasteiger partial charge in [0.2, 0.25) is 0 Å². The van der Waals surface area contributed by atoms with Crippen molar-refractivity contribution < 1.29 is 19.1 Å². The smallest absolute Gasteiger partial charge is 0.325 e. The number of carbonyl (C=O) groups excluding carboxylic acids is 1. The van der Waals surface area contributed by atoms with Gasteiger partial charge in [0, 0.05) is 5.39 Å². The molecule has 0 saturated heterocycles. The molecule has 18 heavy (non-hydrogen) atoms. The SMILES string of the molecule is C[C@@H](NC(=O)c1cc2cccc(Br)c2o1)C(=O)O. The van der Waals surface area contributed by atoms with Crippen molar-refractivity contribution in [3.8, 4) is 0 Å². The van der Waals surface area contributed by atoms with Gasteiger partial charge < -0.3 is 14.8 Å². The van der Waals surface area contributed by atoms with E-state index in [-0.39, 0.29) is 5.76 Å². The number of halogens is 1. The second-order valence-corrected chi connectivity index (χ2v) is 4.66. The van der Waals surface area contributed by atoms with Gasteiger partial charge in [0.25, 0.3) is 5.91 Å². The van der Waals surface area contributed by atoms with Crippen molar-refractivity contribution >= 4 is 38.8 Å². The molecule has 2 rings (SSSR count). The summed E-state index contributed by atoms with van der Waals surface area (Å²) in [5.74, 6) is -1.56. The van der Waals surface area contributed by atoms with Gasteiger partial charge in [-0.2, -0.15) is 0 Å². The maximum atomic E-state index is 11.8. The summed E-state index contributed by atoms with van der Waals surface area (Å²) in [7, 11) is 0. The number of rotatable bonds is 3. The highest BCUT2D eigenvalue weighted by atomic mass is 79.9. The maximum absolute atomic E-state index is 11.8. The van der Waals surface area contributed by atoms with Gasteiger partial charge in [0.05, 0.1) is 4.47 Å². The molecule has 0 aliphatic heterocycles. The number of furan rings is 1. The van der Waals surface area contributed by atoms with Gasteiger partial charge in [0.1, 0.15) is 11.6 Å². The standard InChI is InChI=1S/C12H10BrNO4/c1-6(12(16)17)14-11(15)9-5-7-3-2-4-8(13)10(7)18-9/h2-6H,1H3,(H,14,15)(H,16,17)/t6-/m1/s1. The van der Waals surface area contributed by atoms with E-state index in [4.69, 9.17) is 9.52 Å². The van der Waals surface area contributed by atoms with Gasteiger partial charge in [-0.05, 0) is 35.0 Å². The van der Waals surface area contributed by atoms with Gasteiger partial charge in [-0.25, -0.2) is 0 Å². The molecular formula is C12H10BrNO4. The fraction of sp³-hybridized carbons (Fsp3) is 0.167. The summed E-state index contributed by atoms with van der Waals surface area (Å²) in [6, 6.07) is 6.04. The second kappa shape index (κ2) is 4.81. The van der Waals surface area contributed by atoms with Crippen molar-refractivity contribution in [3.05, 3.63) is 34.5 Å². The summed E-state index contributed by atoms with van der Waals surface area (Å²) >= 11 is 3.31. The molecule has 1 atom stereocenters. The van der Waals surface area contributed by atoms with E-state index < -0.39 is 17.9 Å². The van der Waals surface area contributed by atoms with E-state index in [9.17, 15) is 9.59 Å². The van der Waals surface area contributed by atoms with Crippen LogP contribution in [0.4, 0.5) is 0 Å². The molecule has 0 spiro atoms. The molecule has 1 aromatic carbocycles. The topological polar surface area (TPSA) is 79.5 Å². The number of carboxylic acid groups (broad SMARTS) is 1. The summed E-state index contributed by atoms with van der Waals surface area (Å²) in [6.45, 7) is 1.39. The number of hydrogen-bond donors (Lipinski definition) is 2. The highest BCUT2D eigenvalue weighted by Gasteiger charge is 2.18. The van der Waals surface area contributed by atoms with E-state index >= 15 is 0 Å². The number of hydrogen-bond acceptors (Lipinski definition) is 3. The van der Waals surface area contributed by atoms with Crippen molar-refractivity contribution in [2.75, 3.05) is 0 Å². The zero-order valence-electron chi connectivity index (χ0n) is 9.44. The van der Waals surface area contributed by atoms with E-state index in [0.717, 1.165) is 9.86 Å². The van der Waals surface area contributed by atoms with E-state index in [1.165, 1.54) is 6.92 Å². The summed E-state index contributed by atoms with van der Waals surface area (Å²) in [5, 5.41) is 11.8. The minimum atomic E-state index is -1.10. The predicted octanol–water partition coefficient (Wildman–Crippen LogP) is 2.40. The zero-order chi connectivity index (χ0) is 13.3. The molecule has 0 radical (unpaired) electrons. The maximum Gasteiger partial charge on any atom is 0.325 e. The lowest BCUT2D eigenvalue weighted by Gasteiger charge is -2.06. The molecule has 1 heterocycles. The minimum absolute atomic E-state index is 0.0880. The van der Waals surface area contributed by atoms with Crippen LogP contribution in [0, 0.1) is 0 Å². The molecule has 0 bridgehead atoms. The Kier molecular flexibility index (Phi) is 3.38. The van der Waals surface area contributed by atoms with Crippen LogP contribution in [0.2, 0.25) is 0 Å². The third-order valence-corrected chi connectivity index (χ3v) is 3.06. The van der Waals surface area contributed by atoms with E-state index in [1.807, 2.05) is 6.07 Å². The van der Waals surface area contributed by atoms with Crippen LogP contribution >= 0.6 is 15.9 Å². The molecule has 1 aromatic heterocycles. The van der Waals surface area contributed by atoms with Crippen LogP contribution in [-0.4, -0.2) is 23.0 Å². The van der Waals surface area contributed by atoms with Crippen molar-refractivity contribution in [3.63, 3.8) is 0 Å². The van der Waals surface area contributed by atoms with Gasteiger partial charge in [-0.15, -0.1) is 0 Å². The first kappa shape index (κ1) is 12.6. The molecule has 0 aliphatic rings. The third kappa shape index (κ3) is 2.38. The van der Waals surface area contributed by atoms with Crippen LogP contribution in [0.5, 0.6) is 0 Å². The summed E-state index contributed by atoms with van der Waals surface area (Å²) in [4.78, 5) is 22.4. The third-order valence-electron chi connectivity index (χ3n) is 2.44. The van der Waals surface area contributed by atoms with Gasteiger partial charge >= 0.3 is 5.97 Å². The molecule has 2 N–H and O–H groups in total. The van der Waals surface area contributed by atoms with Crippen molar-refractivity contribution in [2.24, 2.45) is 0 Å². The van der Waals surface area contributed by atoms with Crippen LogP contribution in [0.25, 0.3) is 11.0 Å². The minimum Gasteiger partial charge on any atom is -0.480 e. The Morgan fingerprint density at radius 3 is 2.78 bits per heavy atom. The molecule has 6 heteroatoms. The monoisotopic (exact) mass is 311 g/mol. The number of aliphatic carboxylic acids is 1. The van der Waals surface area contributed by atoms with Gasteiger partial charge in [-0.3, -0.25) is 9.59 Å². The molecule has 5 nitrogen and oxygen atoms in total. The normalized spacial score (nSPS) is 12.3. The number of benzene rings is 1. The number of carbonyl (C=O) groups is 2. The first-order valence-corrected chi connectivity index (χ1v) is 6.00. The van der Waals surface area contributed by atoms with Crippen molar-refractivity contribution in [1.82, 2.24) is 5.32 Å². The average molecular weight is 312 g/mol. The number of amides is 1. The first-order valence-electron chi connectivity index (χ1n) is 5.21. The number of fused-ring (bicyclic) bond motifs is 1. The Morgan fingerprint density at radius 2 is 2.17 bits per heavy atom. The molecule has 0 fully saturated rings. The summed E-state index contributed by atoms with van der Waals surface area (Å²) in [6.07, 6.45) is 0. The lowest BCUT2D eigenvalue weighted by Crippen LogP contribution is -2.38. The van der Waals surface area contributed by atoms with Crippen LogP contribution < -0.4 is 5.32 Å². The Bertz CT molecular complexity index is 620. The van der Waals surface area contributed by atoms with Crippen molar-refractivity contribution in [1.29, 1.82) is 0 Å². The van der Waals surface area contributed by atoms with Gasteiger partial charge in [-0.1, -0.05) is 12.1 Å². The highest BCUT2D eigenvalue weighted by Crippen LogP contribution is 2.26. The second-order valence-electron chi connectivity index (χ2n) is 3.80.